The fourth-order valence-electron chi connectivity index (χ4n) is 4.25. The molecule has 2 aromatic rings. The predicted molar refractivity (Wildman–Crippen MR) is 125 cm³/mol. The molecule has 1 saturated heterocycles. The summed E-state index contributed by atoms with van der Waals surface area (Å²) >= 11 is 0. The number of phenolic OH excluding ortho intramolecular Hbond substituents is 1. The normalized spacial score (nSPS) is 17.1. The largest absolute Gasteiger partial charge is 0.573 e. The summed E-state index contributed by atoms with van der Waals surface area (Å²) in [6.45, 7) is 15.8. The van der Waals surface area contributed by atoms with Gasteiger partial charge in [-0.25, -0.2) is 0 Å². The first kappa shape index (κ1) is 25.4. The number of nitrogens with zero attached hydrogens (tertiary/aromatic N) is 1. The van der Waals surface area contributed by atoms with Crippen LogP contribution < -0.4 is 10.1 Å². The Labute approximate surface area is 194 Å². The van der Waals surface area contributed by atoms with Crippen LogP contribution in [-0.2, 0) is 10.8 Å². The predicted octanol–water partition coefficient (Wildman–Crippen LogP) is 5.88. The molecule has 0 aromatic heterocycles. The molecule has 3 rings (SSSR count). The van der Waals surface area contributed by atoms with Crippen LogP contribution in [0.5, 0.6) is 11.5 Å². The SMILES string of the molecule is CC(C)(C)c1cc([C@@H](c2ccc(OC(F)(F)F)cc2)N2CCNCC2)c(O)c(C(C)(C)C)c1. The van der Waals surface area contributed by atoms with Gasteiger partial charge in [0.15, 0.2) is 0 Å². The Morgan fingerprint density at radius 2 is 1.48 bits per heavy atom. The molecular formula is C26H35F3N2O2. The van der Waals surface area contributed by atoms with Crippen molar-refractivity contribution in [2.24, 2.45) is 0 Å². The maximum Gasteiger partial charge on any atom is 0.573 e. The van der Waals surface area contributed by atoms with Crippen LogP contribution >= 0.6 is 0 Å². The molecular weight excluding hydrogens is 429 g/mol. The van der Waals surface area contributed by atoms with E-state index in [0.717, 1.165) is 48.4 Å². The first-order valence-electron chi connectivity index (χ1n) is 11.3. The summed E-state index contributed by atoms with van der Waals surface area (Å²) in [6, 6.07) is 9.84. The fourth-order valence-corrected chi connectivity index (χ4v) is 4.25. The van der Waals surface area contributed by atoms with E-state index in [2.05, 4.69) is 68.6 Å². The highest BCUT2D eigenvalue weighted by Crippen LogP contribution is 2.43. The Kier molecular flexibility index (Phi) is 7.06. The second-order valence-electron chi connectivity index (χ2n) is 10.8. The molecule has 1 atom stereocenters. The quantitative estimate of drug-likeness (QED) is 0.593. The van der Waals surface area contributed by atoms with E-state index in [9.17, 15) is 18.3 Å². The number of aromatic hydroxyl groups is 1. The highest BCUT2D eigenvalue weighted by molar-refractivity contribution is 5.52. The zero-order chi connectivity index (χ0) is 24.6. The summed E-state index contributed by atoms with van der Waals surface area (Å²) in [5, 5.41) is 14.8. The Morgan fingerprint density at radius 1 is 0.909 bits per heavy atom. The summed E-state index contributed by atoms with van der Waals surface area (Å²) in [6.07, 6.45) is -4.74. The highest BCUT2D eigenvalue weighted by atomic mass is 19.4. The van der Waals surface area contributed by atoms with Crippen molar-refractivity contribution >= 4 is 0 Å². The van der Waals surface area contributed by atoms with Crippen molar-refractivity contribution in [1.29, 1.82) is 0 Å². The molecule has 0 spiro atoms. The van der Waals surface area contributed by atoms with Crippen molar-refractivity contribution in [1.82, 2.24) is 10.2 Å². The molecule has 7 heteroatoms. The number of benzene rings is 2. The third kappa shape index (κ3) is 6.21. The summed E-state index contributed by atoms with van der Waals surface area (Å²) in [7, 11) is 0. The smallest absolute Gasteiger partial charge is 0.507 e. The van der Waals surface area contributed by atoms with Crippen LogP contribution in [0.1, 0.15) is 69.8 Å². The molecule has 0 radical (unpaired) electrons. The topological polar surface area (TPSA) is 44.7 Å². The van der Waals surface area contributed by atoms with Crippen LogP contribution in [0, 0.1) is 0 Å². The molecule has 2 N–H and O–H groups in total. The lowest BCUT2D eigenvalue weighted by Gasteiger charge is -2.37. The third-order valence-corrected chi connectivity index (χ3v) is 6.05. The van der Waals surface area contributed by atoms with Gasteiger partial charge in [0, 0.05) is 31.7 Å². The molecule has 182 valence electrons. The second kappa shape index (κ2) is 9.18. The summed E-state index contributed by atoms with van der Waals surface area (Å²) < 4.78 is 42.0. The van der Waals surface area contributed by atoms with E-state index in [1.165, 1.54) is 12.1 Å². The second-order valence-corrected chi connectivity index (χ2v) is 10.8. The Balaban J connectivity index is 2.17. The number of piperazine rings is 1. The molecule has 0 unspecified atom stereocenters. The summed E-state index contributed by atoms with van der Waals surface area (Å²) in [5.41, 5.74) is 3.14. The van der Waals surface area contributed by atoms with E-state index < -0.39 is 6.36 Å². The molecule has 33 heavy (non-hydrogen) atoms. The minimum atomic E-state index is -4.74. The number of rotatable bonds is 4. The van der Waals surface area contributed by atoms with Crippen molar-refractivity contribution in [2.45, 2.75) is 64.8 Å². The molecule has 1 fully saturated rings. The molecule has 0 bridgehead atoms. The van der Waals surface area contributed by atoms with Crippen molar-refractivity contribution in [3.8, 4) is 11.5 Å². The fraction of sp³-hybridized carbons (Fsp3) is 0.538. The number of alkyl halides is 3. The Hall–Kier alpha value is -2.25. The maximum absolute atomic E-state index is 12.7. The van der Waals surface area contributed by atoms with Gasteiger partial charge in [-0.1, -0.05) is 59.7 Å². The van der Waals surface area contributed by atoms with Crippen LogP contribution in [0.4, 0.5) is 13.2 Å². The molecule has 1 heterocycles. The Morgan fingerprint density at radius 3 is 1.97 bits per heavy atom. The Bertz CT molecular complexity index is 952. The first-order valence-corrected chi connectivity index (χ1v) is 11.3. The van der Waals surface area contributed by atoms with E-state index in [-0.39, 0.29) is 28.4 Å². The number of halogens is 3. The third-order valence-electron chi connectivity index (χ3n) is 6.05. The lowest BCUT2D eigenvalue weighted by Crippen LogP contribution is -2.45. The average molecular weight is 465 g/mol. The van der Waals surface area contributed by atoms with Gasteiger partial charge >= 0.3 is 6.36 Å². The van der Waals surface area contributed by atoms with Crippen LogP contribution in [0.2, 0.25) is 0 Å². The molecule has 0 saturated carbocycles. The molecule has 0 amide bonds. The molecule has 4 nitrogen and oxygen atoms in total. The van der Waals surface area contributed by atoms with E-state index in [1.807, 2.05) is 0 Å². The number of hydrogen-bond donors (Lipinski definition) is 2. The number of hydrogen-bond acceptors (Lipinski definition) is 4. The average Bonchev–Trinajstić information content (AvgIpc) is 2.68. The number of phenols is 1. The van der Waals surface area contributed by atoms with Gasteiger partial charge in [0.1, 0.15) is 11.5 Å². The van der Waals surface area contributed by atoms with Gasteiger partial charge in [-0.3, -0.25) is 4.90 Å². The van der Waals surface area contributed by atoms with Gasteiger partial charge in [-0.2, -0.15) is 0 Å². The van der Waals surface area contributed by atoms with Crippen LogP contribution in [0.15, 0.2) is 36.4 Å². The van der Waals surface area contributed by atoms with Crippen molar-refractivity contribution in [3.05, 3.63) is 58.7 Å². The van der Waals surface area contributed by atoms with Crippen molar-refractivity contribution in [2.75, 3.05) is 26.2 Å². The van der Waals surface area contributed by atoms with E-state index in [1.54, 1.807) is 12.1 Å². The molecule has 1 aliphatic heterocycles. The minimum Gasteiger partial charge on any atom is -0.507 e. The van der Waals surface area contributed by atoms with E-state index in [4.69, 9.17) is 0 Å². The lowest BCUT2D eigenvalue weighted by molar-refractivity contribution is -0.274. The number of nitrogens with one attached hydrogen (secondary N) is 1. The van der Waals surface area contributed by atoms with Gasteiger partial charge < -0.3 is 15.2 Å². The van der Waals surface area contributed by atoms with Gasteiger partial charge in [0.05, 0.1) is 6.04 Å². The standard InChI is InChI=1S/C26H35F3N2O2/c1-24(2,3)18-15-20(23(32)21(16-18)25(4,5)6)22(31-13-11-30-12-14-31)17-7-9-19(10-8-17)33-26(27,28)29/h7-10,15-16,22,30,32H,11-14H2,1-6H3/t22-/m1/s1. The monoisotopic (exact) mass is 464 g/mol. The van der Waals surface area contributed by atoms with Gasteiger partial charge in [0.2, 0.25) is 0 Å². The van der Waals surface area contributed by atoms with Crippen molar-refractivity contribution in [3.63, 3.8) is 0 Å². The maximum atomic E-state index is 12.7. The summed E-state index contributed by atoms with van der Waals surface area (Å²) in [5.74, 6) is -0.0111. The molecule has 2 aromatic carbocycles. The van der Waals surface area contributed by atoms with E-state index in [0.29, 0.717) is 0 Å². The zero-order valence-electron chi connectivity index (χ0n) is 20.3. The van der Waals surface area contributed by atoms with E-state index >= 15 is 0 Å². The van der Waals surface area contributed by atoms with Gasteiger partial charge in [-0.05, 0) is 45.7 Å². The molecule has 1 aliphatic rings. The van der Waals surface area contributed by atoms with Gasteiger partial charge in [-0.15, -0.1) is 13.2 Å². The van der Waals surface area contributed by atoms with Crippen LogP contribution in [0.3, 0.4) is 0 Å². The summed E-state index contributed by atoms with van der Waals surface area (Å²) in [4.78, 5) is 2.27. The van der Waals surface area contributed by atoms with Gasteiger partial charge in [0.25, 0.3) is 0 Å². The lowest BCUT2D eigenvalue weighted by atomic mass is 9.77. The first-order chi connectivity index (χ1) is 15.2. The van der Waals surface area contributed by atoms with Crippen molar-refractivity contribution < 1.29 is 23.0 Å². The number of ether oxygens (including phenoxy) is 1. The van der Waals surface area contributed by atoms with Crippen LogP contribution in [-0.4, -0.2) is 42.5 Å². The molecule has 0 aliphatic carbocycles. The zero-order valence-corrected chi connectivity index (χ0v) is 20.3. The minimum absolute atomic E-state index is 0.138. The highest BCUT2D eigenvalue weighted by Gasteiger charge is 2.33. The van der Waals surface area contributed by atoms with Crippen LogP contribution in [0.25, 0.3) is 0 Å².